The minimum Gasteiger partial charge on any atom is -0.377 e. The van der Waals surface area contributed by atoms with Crippen molar-refractivity contribution in [3.63, 3.8) is 0 Å². The van der Waals surface area contributed by atoms with Gasteiger partial charge in [0, 0.05) is 12.6 Å². The van der Waals surface area contributed by atoms with Crippen LogP contribution in [0.1, 0.15) is 53.9 Å². The minimum absolute atomic E-state index is 0.329. The maximum absolute atomic E-state index is 5.68. The highest BCUT2D eigenvalue weighted by Gasteiger charge is 2.18. The van der Waals surface area contributed by atoms with E-state index in [4.69, 9.17) is 4.74 Å². The van der Waals surface area contributed by atoms with E-state index in [0.29, 0.717) is 12.1 Å². The van der Waals surface area contributed by atoms with Crippen LogP contribution in [0.25, 0.3) is 0 Å². The van der Waals surface area contributed by atoms with Crippen molar-refractivity contribution >= 4 is 0 Å². The van der Waals surface area contributed by atoms with Crippen molar-refractivity contribution < 1.29 is 4.74 Å². The van der Waals surface area contributed by atoms with E-state index in [0.717, 1.165) is 19.1 Å². The molecule has 0 aromatic rings. The smallest absolute Gasteiger partial charge is 0.0699 e. The normalized spacial score (nSPS) is 17.4. The maximum Gasteiger partial charge on any atom is 0.0699 e. The molecule has 2 heteroatoms. The van der Waals surface area contributed by atoms with E-state index in [1.165, 1.54) is 19.3 Å². The van der Waals surface area contributed by atoms with Crippen molar-refractivity contribution in [2.45, 2.75) is 66.0 Å². The summed E-state index contributed by atoms with van der Waals surface area (Å²) in [4.78, 5) is 0. The summed E-state index contributed by atoms with van der Waals surface area (Å²) in [7, 11) is 0. The summed E-state index contributed by atoms with van der Waals surface area (Å²) in [5.41, 5.74) is 0. The molecule has 0 rings (SSSR count). The summed E-state index contributed by atoms with van der Waals surface area (Å²) in [5, 5.41) is 3.59. The Kier molecular flexibility index (Phi) is 9.12. The summed E-state index contributed by atoms with van der Waals surface area (Å²) in [5.74, 6) is 0.780. The minimum atomic E-state index is 0.329. The second-order valence-electron chi connectivity index (χ2n) is 4.47. The predicted molar refractivity (Wildman–Crippen MR) is 67.2 cm³/mol. The van der Waals surface area contributed by atoms with Gasteiger partial charge in [-0.05, 0) is 39.2 Å². The van der Waals surface area contributed by atoms with Gasteiger partial charge in [0.2, 0.25) is 0 Å². The van der Waals surface area contributed by atoms with Gasteiger partial charge in [0.25, 0.3) is 0 Å². The summed E-state index contributed by atoms with van der Waals surface area (Å²) in [6.07, 6.45) is 3.99. The first kappa shape index (κ1) is 14.9. The first-order valence-corrected chi connectivity index (χ1v) is 6.50. The van der Waals surface area contributed by atoms with E-state index >= 15 is 0 Å². The molecule has 0 aliphatic carbocycles. The molecule has 0 aliphatic rings. The highest BCUT2D eigenvalue weighted by atomic mass is 16.5. The molecule has 3 atom stereocenters. The molecule has 0 bridgehead atoms. The Labute approximate surface area is 95.8 Å². The van der Waals surface area contributed by atoms with Gasteiger partial charge in [-0.25, -0.2) is 0 Å². The standard InChI is InChI=1S/C13H29NO/c1-6-9-14-13(10-11(4)7-2)12(5)15-8-3/h11-14H,6-10H2,1-5H3. The van der Waals surface area contributed by atoms with Crippen LogP contribution < -0.4 is 5.32 Å². The third kappa shape index (κ3) is 6.91. The molecular formula is C13H29NO. The Morgan fingerprint density at radius 1 is 1.13 bits per heavy atom. The topological polar surface area (TPSA) is 21.3 Å². The van der Waals surface area contributed by atoms with E-state index in [1.807, 2.05) is 0 Å². The van der Waals surface area contributed by atoms with E-state index in [2.05, 4.69) is 39.9 Å². The first-order valence-electron chi connectivity index (χ1n) is 6.50. The Morgan fingerprint density at radius 2 is 1.80 bits per heavy atom. The zero-order valence-electron chi connectivity index (χ0n) is 11.2. The lowest BCUT2D eigenvalue weighted by atomic mass is 9.96. The summed E-state index contributed by atoms with van der Waals surface area (Å²) >= 11 is 0. The summed E-state index contributed by atoms with van der Waals surface area (Å²) in [6.45, 7) is 12.9. The molecule has 0 aliphatic heterocycles. The van der Waals surface area contributed by atoms with Gasteiger partial charge in [0.05, 0.1) is 6.10 Å². The van der Waals surface area contributed by atoms with E-state index in [1.54, 1.807) is 0 Å². The molecule has 3 unspecified atom stereocenters. The van der Waals surface area contributed by atoms with Crippen molar-refractivity contribution in [2.75, 3.05) is 13.2 Å². The molecule has 1 N–H and O–H groups in total. The van der Waals surface area contributed by atoms with Gasteiger partial charge in [0.1, 0.15) is 0 Å². The third-order valence-electron chi connectivity index (χ3n) is 3.01. The predicted octanol–water partition coefficient (Wildman–Crippen LogP) is 3.22. The Balaban J connectivity index is 4.03. The SMILES string of the molecule is CCCNC(CC(C)CC)C(C)OCC. The van der Waals surface area contributed by atoms with E-state index in [-0.39, 0.29) is 0 Å². The van der Waals surface area contributed by atoms with Crippen molar-refractivity contribution in [2.24, 2.45) is 5.92 Å². The molecule has 15 heavy (non-hydrogen) atoms. The lowest BCUT2D eigenvalue weighted by Gasteiger charge is -2.27. The highest BCUT2D eigenvalue weighted by molar-refractivity contribution is 4.75. The lowest BCUT2D eigenvalue weighted by molar-refractivity contribution is 0.0410. The van der Waals surface area contributed by atoms with Crippen LogP contribution in [-0.2, 0) is 4.74 Å². The number of ether oxygens (including phenoxy) is 1. The fraction of sp³-hybridized carbons (Fsp3) is 1.00. The van der Waals surface area contributed by atoms with Crippen molar-refractivity contribution in [1.82, 2.24) is 5.32 Å². The van der Waals surface area contributed by atoms with Crippen LogP contribution in [0.3, 0.4) is 0 Å². The van der Waals surface area contributed by atoms with E-state index < -0.39 is 0 Å². The number of rotatable bonds is 9. The van der Waals surface area contributed by atoms with Gasteiger partial charge in [-0.15, -0.1) is 0 Å². The van der Waals surface area contributed by atoms with Gasteiger partial charge in [0.15, 0.2) is 0 Å². The average Bonchev–Trinajstić information content (AvgIpc) is 2.24. The van der Waals surface area contributed by atoms with E-state index in [9.17, 15) is 0 Å². The fourth-order valence-corrected chi connectivity index (χ4v) is 1.75. The second kappa shape index (κ2) is 9.17. The van der Waals surface area contributed by atoms with Crippen molar-refractivity contribution in [1.29, 1.82) is 0 Å². The van der Waals surface area contributed by atoms with Crippen molar-refractivity contribution in [3.05, 3.63) is 0 Å². The number of nitrogens with one attached hydrogen (secondary N) is 1. The molecule has 0 fully saturated rings. The van der Waals surface area contributed by atoms with Crippen LogP contribution in [0.4, 0.5) is 0 Å². The molecule has 0 heterocycles. The summed E-state index contributed by atoms with van der Waals surface area (Å²) < 4.78 is 5.68. The zero-order valence-corrected chi connectivity index (χ0v) is 11.2. The zero-order chi connectivity index (χ0) is 11.7. The molecule has 0 aromatic carbocycles. The Bertz CT molecular complexity index is 138. The summed E-state index contributed by atoms with van der Waals surface area (Å²) in [6, 6.07) is 0.514. The molecular weight excluding hydrogens is 186 g/mol. The Morgan fingerprint density at radius 3 is 2.27 bits per heavy atom. The van der Waals surface area contributed by atoms with Crippen LogP contribution in [0.15, 0.2) is 0 Å². The van der Waals surface area contributed by atoms with Crippen LogP contribution in [-0.4, -0.2) is 25.3 Å². The molecule has 2 nitrogen and oxygen atoms in total. The average molecular weight is 215 g/mol. The Hall–Kier alpha value is -0.0800. The molecule has 0 spiro atoms. The van der Waals surface area contributed by atoms with Crippen LogP contribution >= 0.6 is 0 Å². The molecule has 0 radical (unpaired) electrons. The first-order chi connectivity index (χ1) is 7.15. The molecule has 0 aromatic heterocycles. The molecule has 0 saturated carbocycles. The number of hydrogen-bond acceptors (Lipinski definition) is 2. The maximum atomic E-state index is 5.68. The van der Waals surface area contributed by atoms with Crippen LogP contribution in [0, 0.1) is 5.92 Å². The second-order valence-corrected chi connectivity index (χ2v) is 4.47. The molecule has 0 saturated heterocycles. The molecule has 0 amide bonds. The highest BCUT2D eigenvalue weighted by Crippen LogP contribution is 2.14. The van der Waals surface area contributed by atoms with Gasteiger partial charge < -0.3 is 10.1 Å². The van der Waals surface area contributed by atoms with Gasteiger partial charge >= 0.3 is 0 Å². The quantitative estimate of drug-likeness (QED) is 0.637. The largest absolute Gasteiger partial charge is 0.377 e. The monoisotopic (exact) mass is 215 g/mol. The van der Waals surface area contributed by atoms with Gasteiger partial charge in [-0.2, -0.15) is 0 Å². The van der Waals surface area contributed by atoms with Gasteiger partial charge in [-0.1, -0.05) is 27.2 Å². The fourth-order valence-electron chi connectivity index (χ4n) is 1.75. The van der Waals surface area contributed by atoms with Gasteiger partial charge in [-0.3, -0.25) is 0 Å². The third-order valence-corrected chi connectivity index (χ3v) is 3.01. The van der Waals surface area contributed by atoms with Crippen LogP contribution in [0.2, 0.25) is 0 Å². The lowest BCUT2D eigenvalue weighted by Crippen LogP contribution is -2.41. The molecule has 92 valence electrons. The number of hydrogen-bond donors (Lipinski definition) is 1. The van der Waals surface area contributed by atoms with Crippen molar-refractivity contribution in [3.8, 4) is 0 Å². The van der Waals surface area contributed by atoms with Crippen LogP contribution in [0.5, 0.6) is 0 Å².